The second-order valence-corrected chi connectivity index (χ2v) is 7.23. The fraction of sp³-hybridized carbons (Fsp3) is 0.174. The highest BCUT2D eigenvalue weighted by Gasteiger charge is 2.17. The second kappa shape index (κ2) is 8.93. The van der Waals surface area contributed by atoms with Crippen LogP contribution >= 0.6 is 0 Å². The van der Waals surface area contributed by atoms with Crippen LogP contribution in [0.25, 0.3) is 22.2 Å². The minimum absolute atomic E-state index is 0.188. The summed E-state index contributed by atoms with van der Waals surface area (Å²) in [6.45, 7) is 2.30. The molecule has 9 heteroatoms. The fourth-order valence-electron chi connectivity index (χ4n) is 3.45. The molecule has 4 aromatic rings. The van der Waals surface area contributed by atoms with Crippen molar-refractivity contribution >= 4 is 28.3 Å². The third-order valence-electron chi connectivity index (χ3n) is 5.06. The van der Waals surface area contributed by atoms with Gasteiger partial charge in [-0.25, -0.2) is 14.4 Å². The summed E-state index contributed by atoms with van der Waals surface area (Å²) in [5.41, 5.74) is 3.96. The van der Waals surface area contributed by atoms with Gasteiger partial charge in [0.25, 0.3) is 5.91 Å². The molecular formula is C23H22FN7O. The summed E-state index contributed by atoms with van der Waals surface area (Å²) in [6.07, 6.45) is 4.75. The van der Waals surface area contributed by atoms with Crippen LogP contribution in [0.5, 0.6) is 0 Å². The molecule has 162 valence electrons. The molecule has 0 atom stereocenters. The number of hydrogen-bond acceptors (Lipinski definition) is 7. The van der Waals surface area contributed by atoms with Crippen LogP contribution in [-0.4, -0.2) is 46.6 Å². The number of anilines is 2. The van der Waals surface area contributed by atoms with E-state index in [9.17, 15) is 9.18 Å². The Morgan fingerprint density at radius 2 is 1.88 bits per heavy atom. The number of amides is 1. The first kappa shape index (κ1) is 21.1. The molecule has 32 heavy (non-hydrogen) atoms. The van der Waals surface area contributed by atoms with Crippen LogP contribution in [0.4, 0.5) is 15.9 Å². The van der Waals surface area contributed by atoms with Crippen molar-refractivity contribution < 1.29 is 9.18 Å². The molecule has 0 saturated heterocycles. The zero-order valence-corrected chi connectivity index (χ0v) is 17.9. The summed E-state index contributed by atoms with van der Waals surface area (Å²) in [5.74, 6) is -0.222. The SMILES string of the molecule is CNC(=O)c1ccnc2c(N(C)CNc3cc(-c4ccnc(C)c4)ncn3)ccc(F)c12. The topological polar surface area (TPSA) is 95.9 Å². The van der Waals surface area contributed by atoms with Gasteiger partial charge < -0.3 is 15.5 Å². The maximum absolute atomic E-state index is 14.6. The van der Waals surface area contributed by atoms with Gasteiger partial charge in [-0.2, -0.15) is 0 Å². The molecule has 3 heterocycles. The molecule has 0 aliphatic heterocycles. The average Bonchev–Trinajstić information content (AvgIpc) is 2.82. The van der Waals surface area contributed by atoms with E-state index >= 15 is 0 Å². The van der Waals surface area contributed by atoms with Gasteiger partial charge in [0.2, 0.25) is 0 Å². The van der Waals surface area contributed by atoms with Crippen molar-refractivity contribution in [2.75, 3.05) is 31.0 Å². The predicted octanol–water partition coefficient (Wildman–Crippen LogP) is 3.40. The molecule has 4 rings (SSSR count). The van der Waals surface area contributed by atoms with E-state index in [1.807, 2.05) is 37.1 Å². The summed E-state index contributed by atoms with van der Waals surface area (Å²) in [7, 11) is 3.36. The van der Waals surface area contributed by atoms with E-state index in [1.165, 1.54) is 31.7 Å². The number of benzene rings is 1. The molecule has 0 spiro atoms. The van der Waals surface area contributed by atoms with Gasteiger partial charge in [-0.3, -0.25) is 14.8 Å². The van der Waals surface area contributed by atoms with Crippen LogP contribution in [-0.2, 0) is 0 Å². The molecule has 1 amide bonds. The highest BCUT2D eigenvalue weighted by atomic mass is 19.1. The van der Waals surface area contributed by atoms with Crippen molar-refractivity contribution in [2.24, 2.45) is 0 Å². The lowest BCUT2D eigenvalue weighted by atomic mass is 10.1. The molecule has 1 aromatic carbocycles. The Hall–Kier alpha value is -4.14. The molecule has 0 aliphatic carbocycles. The molecule has 0 aliphatic rings. The Morgan fingerprint density at radius 1 is 1.06 bits per heavy atom. The van der Waals surface area contributed by atoms with Crippen molar-refractivity contribution in [1.82, 2.24) is 25.3 Å². The van der Waals surface area contributed by atoms with E-state index in [2.05, 4.69) is 30.6 Å². The third-order valence-corrected chi connectivity index (χ3v) is 5.06. The quantitative estimate of drug-likeness (QED) is 0.452. The van der Waals surface area contributed by atoms with Gasteiger partial charge in [0.1, 0.15) is 18.0 Å². The van der Waals surface area contributed by atoms with E-state index in [4.69, 9.17) is 0 Å². The largest absolute Gasteiger partial charge is 0.355 e. The van der Waals surface area contributed by atoms with Crippen LogP contribution in [0.1, 0.15) is 16.1 Å². The zero-order chi connectivity index (χ0) is 22.7. The highest BCUT2D eigenvalue weighted by molar-refractivity contribution is 6.08. The van der Waals surface area contributed by atoms with Gasteiger partial charge in [0.05, 0.1) is 34.5 Å². The number of hydrogen-bond donors (Lipinski definition) is 2. The molecule has 3 aromatic heterocycles. The number of aromatic nitrogens is 4. The van der Waals surface area contributed by atoms with Gasteiger partial charge in [0, 0.05) is 43.8 Å². The average molecular weight is 431 g/mol. The first-order valence-electron chi connectivity index (χ1n) is 9.97. The number of nitrogens with one attached hydrogen (secondary N) is 2. The van der Waals surface area contributed by atoms with Crippen LogP contribution in [0.2, 0.25) is 0 Å². The summed E-state index contributed by atoms with van der Waals surface area (Å²) in [4.78, 5) is 31.2. The van der Waals surface area contributed by atoms with Gasteiger partial charge in [-0.1, -0.05) is 0 Å². The number of halogens is 1. The van der Waals surface area contributed by atoms with E-state index in [0.717, 1.165) is 17.0 Å². The molecule has 0 saturated carbocycles. The molecule has 8 nitrogen and oxygen atoms in total. The molecule has 0 fully saturated rings. The highest BCUT2D eigenvalue weighted by Crippen LogP contribution is 2.29. The Morgan fingerprint density at radius 3 is 2.66 bits per heavy atom. The Labute approximate surface area is 184 Å². The number of carbonyl (C=O) groups is 1. The molecule has 0 radical (unpaired) electrons. The van der Waals surface area contributed by atoms with Crippen molar-refractivity contribution in [2.45, 2.75) is 6.92 Å². The van der Waals surface area contributed by atoms with Crippen LogP contribution in [0.15, 0.2) is 55.1 Å². The number of rotatable bonds is 6. The second-order valence-electron chi connectivity index (χ2n) is 7.23. The van der Waals surface area contributed by atoms with Gasteiger partial charge >= 0.3 is 0 Å². The third kappa shape index (κ3) is 4.18. The van der Waals surface area contributed by atoms with Crippen molar-refractivity contribution in [3.63, 3.8) is 0 Å². The fourth-order valence-corrected chi connectivity index (χ4v) is 3.45. The van der Waals surface area contributed by atoms with E-state index < -0.39 is 5.82 Å². The lowest BCUT2D eigenvalue weighted by Crippen LogP contribution is -2.26. The Kier molecular flexibility index (Phi) is 5.89. The lowest BCUT2D eigenvalue weighted by molar-refractivity contribution is 0.0964. The first-order chi connectivity index (χ1) is 15.5. The number of pyridine rings is 2. The van der Waals surface area contributed by atoms with Gasteiger partial charge in [-0.05, 0) is 37.3 Å². The predicted molar refractivity (Wildman–Crippen MR) is 122 cm³/mol. The Bertz CT molecular complexity index is 1290. The van der Waals surface area contributed by atoms with Crippen LogP contribution < -0.4 is 15.5 Å². The van der Waals surface area contributed by atoms with E-state index in [1.54, 1.807) is 12.3 Å². The maximum Gasteiger partial charge on any atom is 0.251 e. The Balaban J connectivity index is 1.59. The number of carbonyl (C=O) groups excluding carboxylic acids is 1. The van der Waals surface area contributed by atoms with Gasteiger partial charge in [0.15, 0.2) is 0 Å². The zero-order valence-electron chi connectivity index (χ0n) is 17.9. The van der Waals surface area contributed by atoms with Crippen molar-refractivity contribution in [3.05, 3.63) is 72.2 Å². The standard InChI is InChI=1S/C23H22FN7O/c1-14-10-15(6-8-26-14)18-11-20(29-12-28-18)30-13-31(3)19-5-4-17(24)21-16(23(32)25-2)7-9-27-22(19)21/h4-12H,13H2,1-3H3,(H,25,32)(H,28,29,30). The summed E-state index contributed by atoms with van der Waals surface area (Å²) in [5, 5.41) is 5.98. The molecule has 0 bridgehead atoms. The van der Waals surface area contributed by atoms with Crippen LogP contribution in [0.3, 0.4) is 0 Å². The summed E-state index contributed by atoms with van der Waals surface area (Å²) in [6, 6.07) is 10.2. The smallest absolute Gasteiger partial charge is 0.251 e. The monoisotopic (exact) mass is 431 g/mol. The normalized spacial score (nSPS) is 10.8. The van der Waals surface area contributed by atoms with Crippen LogP contribution in [0, 0.1) is 12.7 Å². The lowest BCUT2D eigenvalue weighted by Gasteiger charge is -2.22. The van der Waals surface area contributed by atoms with Crippen molar-refractivity contribution in [1.29, 1.82) is 0 Å². The maximum atomic E-state index is 14.6. The number of fused-ring (bicyclic) bond motifs is 1. The summed E-state index contributed by atoms with van der Waals surface area (Å²) >= 11 is 0. The number of nitrogens with zero attached hydrogens (tertiary/aromatic N) is 5. The van der Waals surface area contributed by atoms with E-state index in [0.29, 0.717) is 23.7 Å². The minimum atomic E-state index is -0.495. The number of aryl methyl sites for hydroxylation is 1. The molecule has 2 N–H and O–H groups in total. The minimum Gasteiger partial charge on any atom is -0.355 e. The van der Waals surface area contributed by atoms with E-state index in [-0.39, 0.29) is 16.9 Å². The molecular weight excluding hydrogens is 409 g/mol. The first-order valence-corrected chi connectivity index (χ1v) is 9.97. The van der Waals surface area contributed by atoms with Crippen molar-refractivity contribution in [3.8, 4) is 11.3 Å². The summed E-state index contributed by atoms with van der Waals surface area (Å²) < 4.78 is 14.6. The van der Waals surface area contributed by atoms with Gasteiger partial charge in [-0.15, -0.1) is 0 Å². The molecule has 0 unspecified atom stereocenters.